The summed E-state index contributed by atoms with van der Waals surface area (Å²) in [5.74, 6) is 0.480. The molecule has 2 aromatic carbocycles. The maximum absolute atomic E-state index is 12.9. The molecule has 1 heterocycles. The van der Waals surface area contributed by atoms with Crippen LogP contribution in [-0.4, -0.2) is 46.0 Å². The molecule has 8 heteroatoms. The normalized spacial score (nSPS) is 11.7. The topological polar surface area (TPSA) is 104 Å². The lowest BCUT2D eigenvalue weighted by Crippen LogP contribution is -2.45. The molecule has 3 rings (SSSR count). The minimum absolute atomic E-state index is 0.0140. The van der Waals surface area contributed by atoms with Gasteiger partial charge < -0.3 is 9.78 Å². The van der Waals surface area contributed by atoms with Gasteiger partial charge in [-0.05, 0) is 47.6 Å². The van der Waals surface area contributed by atoms with Crippen molar-refractivity contribution in [3.05, 3.63) is 77.9 Å². The first-order valence-electron chi connectivity index (χ1n) is 10.3. The second-order valence-corrected chi connectivity index (χ2v) is 8.24. The number of aromatic nitrogens is 2. The summed E-state index contributed by atoms with van der Waals surface area (Å²) < 4.78 is 0. The third kappa shape index (κ3) is 6.38. The molecule has 0 aliphatic rings. The Kier molecular flexibility index (Phi) is 8.77. The number of thioether (sulfide) groups is 1. The lowest BCUT2D eigenvalue weighted by atomic mass is 9.95. The standard InChI is InChI=1S/C24H26N4O3S/c1-32-12-11-19(15-29)27-28-24(31)20-9-7-17(8-10-23(30)22-14-25-16-26-22)13-21(20)18-5-3-2-4-6-18/h2-7,9,13-16,19,27H,8,10-12H2,1H3,(H,25,26)(H,28,31). The number of amides is 1. The van der Waals surface area contributed by atoms with E-state index in [4.69, 9.17) is 0 Å². The van der Waals surface area contributed by atoms with Crippen LogP contribution in [0.15, 0.2) is 61.1 Å². The van der Waals surface area contributed by atoms with Crippen molar-refractivity contribution in [1.29, 1.82) is 0 Å². The fourth-order valence-electron chi connectivity index (χ4n) is 3.25. The van der Waals surface area contributed by atoms with Crippen LogP contribution in [-0.2, 0) is 11.2 Å². The Morgan fingerprint density at radius 3 is 2.69 bits per heavy atom. The van der Waals surface area contributed by atoms with Crippen LogP contribution < -0.4 is 10.9 Å². The van der Waals surface area contributed by atoms with Gasteiger partial charge in [-0.25, -0.2) is 10.4 Å². The Labute approximate surface area is 191 Å². The lowest BCUT2D eigenvalue weighted by molar-refractivity contribution is -0.109. The molecule has 1 atom stereocenters. The molecule has 166 valence electrons. The fraction of sp³-hybridized carbons (Fsp3) is 0.250. The molecule has 0 saturated heterocycles. The van der Waals surface area contributed by atoms with Crippen LogP contribution >= 0.6 is 11.8 Å². The van der Waals surface area contributed by atoms with Gasteiger partial charge in [0.2, 0.25) is 0 Å². The number of aryl methyl sites for hydroxylation is 1. The Bertz CT molecular complexity index is 1040. The molecule has 1 aromatic heterocycles. The summed E-state index contributed by atoms with van der Waals surface area (Å²) in [5.41, 5.74) is 9.07. The molecule has 0 aliphatic carbocycles. The SMILES string of the molecule is CSCCC(C=O)NNC(=O)c1ccc(CCC(=O)c2cnc[nH]2)cc1-c1ccccc1. The number of nitrogens with zero attached hydrogens (tertiary/aromatic N) is 1. The van der Waals surface area contributed by atoms with Gasteiger partial charge in [0.05, 0.1) is 18.6 Å². The molecule has 0 bridgehead atoms. The van der Waals surface area contributed by atoms with E-state index in [2.05, 4.69) is 20.8 Å². The van der Waals surface area contributed by atoms with Crippen LogP contribution in [0.2, 0.25) is 0 Å². The highest BCUT2D eigenvalue weighted by atomic mass is 32.2. The van der Waals surface area contributed by atoms with Crippen molar-refractivity contribution >= 4 is 29.7 Å². The summed E-state index contributed by atoms with van der Waals surface area (Å²) in [5, 5.41) is 0. The quantitative estimate of drug-likeness (QED) is 0.222. The number of aldehydes is 1. The van der Waals surface area contributed by atoms with Crippen molar-refractivity contribution < 1.29 is 14.4 Å². The van der Waals surface area contributed by atoms with Gasteiger partial charge in [0, 0.05) is 12.0 Å². The highest BCUT2D eigenvalue weighted by Crippen LogP contribution is 2.26. The van der Waals surface area contributed by atoms with Crippen LogP contribution in [0.5, 0.6) is 0 Å². The van der Waals surface area contributed by atoms with Gasteiger partial charge in [-0.15, -0.1) is 0 Å². The number of nitrogens with one attached hydrogen (secondary N) is 3. The molecule has 0 fully saturated rings. The maximum atomic E-state index is 12.9. The van der Waals surface area contributed by atoms with Gasteiger partial charge >= 0.3 is 0 Å². The molecule has 0 aliphatic heterocycles. The van der Waals surface area contributed by atoms with Gasteiger partial charge in [0.1, 0.15) is 12.0 Å². The van der Waals surface area contributed by atoms with Crippen molar-refractivity contribution in [2.75, 3.05) is 12.0 Å². The Balaban J connectivity index is 1.77. The zero-order valence-corrected chi connectivity index (χ0v) is 18.7. The van der Waals surface area contributed by atoms with Gasteiger partial charge in [-0.1, -0.05) is 42.5 Å². The average Bonchev–Trinajstić information content (AvgIpc) is 3.38. The van der Waals surface area contributed by atoms with E-state index in [1.807, 2.05) is 48.7 Å². The summed E-state index contributed by atoms with van der Waals surface area (Å²) in [6, 6.07) is 14.7. The number of carbonyl (C=O) groups is 3. The number of carbonyl (C=O) groups excluding carboxylic acids is 3. The van der Waals surface area contributed by atoms with Crippen molar-refractivity contribution in [2.45, 2.75) is 25.3 Å². The number of hydrogen-bond donors (Lipinski definition) is 3. The first kappa shape index (κ1) is 23.4. The summed E-state index contributed by atoms with van der Waals surface area (Å²) in [6.45, 7) is 0. The number of benzene rings is 2. The lowest BCUT2D eigenvalue weighted by Gasteiger charge is -2.16. The van der Waals surface area contributed by atoms with E-state index < -0.39 is 6.04 Å². The Morgan fingerprint density at radius 2 is 2.00 bits per heavy atom. The van der Waals surface area contributed by atoms with Crippen molar-refractivity contribution in [1.82, 2.24) is 20.8 Å². The monoisotopic (exact) mass is 450 g/mol. The first-order chi connectivity index (χ1) is 15.6. The number of ketones is 1. The zero-order chi connectivity index (χ0) is 22.8. The number of aromatic amines is 1. The highest BCUT2D eigenvalue weighted by Gasteiger charge is 2.16. The van der Waals surface area contributed by atoms with E-state index in [1.165, 1.54) is 12.5 Å². The van der Waals surface area contributed by atoms with Crippen LogP contribution in [0.3, 0.4) is 0 Å². The van der Waals surface area contributed by atoms with Crippen LogP contribution in [0.4, 0.5) is 0 Å². The number of H-pyrrole nitrogens is 1. The van der Waals surface area contributed by atoms with E-state index in [0.717, 1.165) is 28.7 Å². The molecule has 1 unspecified atom stereocenters. The highest BCUT2D eigenvalue weighted by molar-refractivity contribution is 7.98. The van der Waals surface area contributed by atoms with Crippen LogP contribution in [0.1, 0.15) is 39.3 Å². The van der Waals surface area contributed by atoms with E-state index in [0.29, 0.717) is 30.5 Å². The predicted octanol–water partition coefficient (Wildman–Crippen LogP) is 3.45. The zero-order valence-electron chi connectivity index (χ0n) is 17.8. The molecular formula is C24H26N4O3S. The third-order valence-electron chi connectivity index (χ3n) is 5.02. The fourth-order valence-corrected chi connectivity index (χ4v) is 3.74. The van der Waals surface area contributed by atoms with Gasteiger partial charge in [0.25, 0.3) is 5.91 Å². The summed E-state index contributed by atoms with van der Waals surface area (Å²) in [4.78, 5) is 43.2. The average molecular weight is 451 g/mol. The van der Waals surface area contributed by atoms with Gasteiger partial charge in [0.15, 0.2) is 5.78 Å². The largest absolute Gasteiger partial charge is 0.342 e. The second kappa shape index (κ2) is 12.0. The van der Waals surface area contributed by atoms with E-state index in [1.54, 1.807) is 17.8 Å². The second-order valence-electron chi connectivity index (χ2n) is 7.26. The molecule has 0 spiro atoms. The Hall–Kier alpha value is -3.23. The number of rotatable bonds is 12. The molecule has 3 aromatic rings. The third-order valence-corrected chi connectivity index (χ3v) is 5.67. The van der Waals surface area contributed by atoms with E-state index in [-0.39, 0.29) is 11.7 Å². The number of Topliss-reactive ketones (excluding diaryl/α,β-unsaturated/α-hetero) is 1. The van der Waals surface area contributed by atoms with Crippen molar-refractivity contribution in [2.24, 2.45) is 0 Å². The summed E-state index contributed by atoms with van der Waals surface area (Å²) >= 11 is 1.64. The van der Waals surface area contributed by atoms with E-state index in [9.17, 15) is 14.4 Å². The molecule has 0 saturated carbocycles. The molecule has 7 nitrogen and oxygen atoms in total. The number of hydrazine groups is 1. The van der Waals surface area contributed by atoms with Crippen molar-refractivity contribution in [3.63, 3.8) is 0 Å². The number of imidazole rings is 1. The summed E-state index contributed by atoms with van der Waals surface area (Å²) in [7, 11) is 0. The van der Waals surface area contributed by atoms with Crippen molar-refractivity contribution in [3.8, 4) is 11.1 Å². The first-order valence-corrected chi connectivity index (χ1v) is 11.7. The van der Waals surface area contributed by atoms with Crippen LogP contribution in [0.25, 0.3) is 11.1 Å². The molecule has 3 N–H and O–H groups in total. The van der Waals surface area contributed by atoms with Gasteiger partial charge in [-0.2, -0.15) is 11.8 Å². The minimum Gasteiger partial charge on any atom is -0.342 e. The molecule has 0 radical (unpaired) electrons. The van der Waals surface area contributed by atoms with Crippen LogP contribution in [0, 0.1) is 0 Å². The summed E-state index contributed by atoms with van der Waals surface area (Å²) in [6.07, 6.45) is 7.27. The molecule has 1 amide bonds. The van der Waals surface area contributed by atoms with Gasteiger partial charge in [-0.3, -0.25) is 15.0 Å². The Morgan fingerprint density at radius 1 is 1.19 bits per heavy atom. The smallest absolute Gasteiger partial charge is 0.266 e. The maximum Gasteiger partial charge on any atom is 0.266 e. The van der Waals surface area contributed by atoms with E-state index >= 15 is 0 Å². The minimum atomic E-state index is -0.445. The molecular weight excluding hydrogens is 424 g/mol. The predicted molar refractivity (Wildman–Crippen MR) is 127 cm³/mol. The molecule has 32 heavy (non-hydrogen) atoms. The number of hydrogen-bond acceptors (Lipinski definition) is 6.